The Morgan fingerprint density at radius 1 is 1.26 bits per heavy atom. The molecule has 0 spiro atoms. The van der Waals surface area contributed by atoms with Crippen LogP contribution in [0.25, 0.3) is 0 Å². The third-order valence-electron chi connectivity index (χ3n) is 4.09. The van der Waals surface area contributed by atoms with Crippen LogP contribution >= 0.6 is 0 Å². The minimum absolute atomic E-state index is 0.162. The van der Waals surface area contributed by atoms with Crippen LogP contribution in [0.5, 0.6) is 0 Å². The Kier molecular flexibility index (Phi) is 5.57. The highest BCUT2D eigenvalue weighted by atomic mass is 15.2. The van der Waals surface area contributed by atoms with Crippen LogP contribution in [-0.2, 0) is 6.54 Å². The van der Waals surface area contributed by atoms with Crippen molar-refractivity contribution in [2.45, 2.75) is 52.6 Å². The number of nitrogens with zero attached hydrogens (tertiary/aromatic N) is 1. The van der Waals surface area contributed by atoms with Crippen LogP contribution in [0, 0.1) is 6.92 Å². The molecule has 2 nitrogen and oxygen atoms in total. The molecule has 0 atom stereocenters. The van der Waals surface area contributed by atoms with Crippen molar-refractivity contribution < 1.29 is 0 Å². The average Bonchev–Trinajstić information content (AvgIpc) is 2.31. The summed E-state index contributed by atoms with van der Waals surface area (Å²) in [4.78, 5) is 2.43. The van der Waals surface area contributed by atoms with Gasteiger partial charge in [-0.1, -0.05) is 32.0 Å². The van der Waals surface area contributed by atoms with Gasteiger partial charge in [-0.25, -0.2) is 0 Å². The second-order valence-corrected chi connectivity index (χ2v) is 6.54. The number of hydrogen-bond acceptors (Lipinski definition) is 2. The molecule has 1 aromatic rings. The van der Waals surface area contributed by atoms with Crippen molar-refractivity contribution in [3.63, 3.8) is 0 Å². The van der Waals surface area contributed by atoms with Crippen molar-refractivity contribution in [3.8, 4) is 0 Å². The molecule has 0 saturated carbocycles. The van der Waals surface area contributed by atoms with E-state index in [1.807, 2.05) is 7.05 Å². The standard InChI is InChI=1S/C17H30N2/c1-13(2)15-9-8-14(3)16(10-15)11-19(7)17(4,5)12-18-6/h8-10,13,18H,11-12H2,1-7H3. The van der Waals surface area contributed by atoms with Gasteiger partial charge in [0, 0.05) is 18.6 Å². The number of nitrogens with one attached hydrogen (secondary N) is 1. The Hall–Kier alpha value is -0.860. The molecular weight excluding hydrogens is 232 g/mol. The Morgan fingerprint density at radius 3 is 2.42 bits per heavy atom. The molecule has 0 unspecified atom stereocenters. The van der Waals surface area contributed by atoms with E-state index in [0.717, 1.165) is 13.1 Å². The fourth-order valence-corrected chi connectivity index (χ4v) is 2.26. The summed E-state index contributed by atoms with van der Waals surface area (Å²) in [5.41, 5.74) is 4.42. The van der Waals surface area contributed by atoms with Crippen LogP contribution < -0.4 is 5.32 Å². The van der Waals surface area contributed by atoms with Gasteiger partial charge in [0.2, 0.25) is 0 Å². The van der Waals surface area contributed by atoms with Crippen LogP contribution in [0.4, 0.5) is 0 Å². The van der Waals surface area contributed by atoms with Crippen LogP contribution in [0.1, 0.15) is 50.3 Å². The van der Waals surface area contributed by atoms with Crippen molar-refractivity contribution in [2.75, 3.05) is 20.6 Å². The summed E-state index contributed by atoms with van der Waals surface area (Å²) in [7, 11) is 4.22. The zero-order valence-corrected chi connectivity index (χ0v) is 13.7. The van der Waals surface area contributed by atoms with Gasteiger partial charge in [-0.3, -0.25) is 4.90 Å². The molecule has 0 aliphatic rings. The molecule has 0 fully saturated rings. The van der Waals surface area contributed by atoms with Gasteiger partial charge in [-0.05, 0) is 57.5 Å². The number of rotatable bonds is 6. The average molecular weight is 262 g/mol. The van der Waals surface area contributed by atoms with Crippen molar-refractivity contribution in [1.29, 1.82) is 0 Å². The summed E-state index contributed by atoms with van der Waals surface area (Å²) < 4.78 is 0. The molecule has 19 heavy (non-hydrogen) atoms. The summed E-state index contributed by atoms with van der Waals surface area (Å²) >= 11 is 0. The van der Waals surface area contributed by atoms with Crippen LogP contribution in [-0.4, -0.2) is 31.1 Å². The lowest BCUT2D eigenvalue weighted by molar-refractivity contribution is 0.147. The molecule has 0 heterocycles. The molecule has 1 rings (SSSR count). The number of benzene rings is 1. The maximum absolute atomic E-state index is 3.28. The highest BCUT2D eigenvalue weighted by Gasteiger charge is 2.23. The summed E-state index contributed by atoms with van der Waals surface area (Å²) in [6, 6.07) is 6.87. The molecule has 0 aliphatic heterocycles. The van der Waals surface area contributed by atoms with Crippen LogP contribution in [0.15, 0.2) is 18.2 Å². The Labute approximate surface area is 119 Å². The molecule has 0 radical (unpaired) electrons. The van der Waals surface area contributed by atoms with E-state index < -0.39 is 0 Å². The van der Waals surface area contributed by atoms with E-state index in [1.165, 1.54) is 16.7 Å². The van der Waals surface area contributed by atoms with Crippen LogP contribution in [0.3, 0.4) is 0 Å². The second-order valence-electron chi connectivity index (χ2n) is 6.54. The van der Waals surface area contributed by atoms with E-state index in [0.29, 0.717) is 5.92 Å². The normalized spacial score (nSPS) is 12.5. The summed E-state index contributed by atoms with van der Waals surface area (Å²) in [6.45, 7) is 13.3. The maximum Gasteiger partial charge on any atom is 0.0278 e. The van der Waals surface area contributed by atoms with Gasteiger partial charge in [-0.15, -0.1) is 0 Å². The van der Waals surface area contributed by atoms with Gasteiger partial charge in [0.05, 0.1) is 0 Å². The van der Waals surface area contributed by atoms with Crippen LogP contribution in [0.2, 0.25) is 0 Å². The van der Waals surface area contributed by atoms with Gasteiger partial charge in [0.1, 0.15) is 0 Å². The van der Waals surface area contributed by atoms with Crippen molar-refractivity contribution in [3.05, 3.63) is 34.9 Å². The second kappa shape index (κ2) is 6.53. The molecule has 0 aromatic heterocycles. The SMILES string of the molecule is CNCC(C)(C)N(C)Cc1cc(C(C)C)ccc1C. The fraction of sp³-hybridized carbons (Fsp3) is 0.647. The molecule has 2 heteroatoms. The lowest BCUT2D eigenvalue weighted by Gasteiger charge is -2.36. The molecule has 0 saturated heterocycles. The fourth-order valence-electron chi connectivity index (χ4n) is 2.26. The van der Waals surface area contributed by atoms with Gasteiger partial charge in [0.25, 0.3) is 0 Å². The summed E-state index contributed by atoms with van der Waals surface area (Å²) in [5.74, 6) is 0.593. The Morgan fingerprint density at radius 2 is 1.89 bits per heavy atom. The van der Waals surface area contributed by atoms with Crippen molar-refractivity contribution in [2.24, 2.45) is 0 Å². The zero-order valence-electron chi connectivity index (χ0n) is 13.7. The molecular formula is C17H30N2. The predicted molar refractivity (Wildman–Crippen MR) is 84.7 cm³/mol. The maximum atomic E-state index is 3.28. The van der Waals surface area contributed by atoms with Crippen molar-refractivity contribution in [1.82, 2.24) is 10.2 Å². The summed E-state index contributed by atoms with van der Waals surface area (Å²) in [6.07, 6.45) is 0. The first-order valence-corrected chi connectivity index (χ1v) is 7.23. The van der Waals surface area contributed by atoms with Gasteiger partial charge >= 0.3 is 0 Å². The highest BCUT2D eigenvalue weighted by Crippen LogP contribution is 2.22. The quantitative estimate of drug-likeness (QED) is 0.843. The first-order chi connectivity index (χ1) is 8.77. The molecule has 0 bridgehead atoms. The molecule has 1 N–H and O–H groups in total. The van der Waals surface area contributed by atoms with E-state index in [9.17, 15) is 0 Å². The predicted octanol–water partition coefficient (Wildman–Crippen LogP) is 3.55. The van der Waals surface area contributed by atoms with Gasteiger partial charge < -0.3 is 5.32 Å². The monoisotopic (exact) mass is 262 g/mol. The first kappa shape index (κ1) is 16.2. The first-order valence-electron chi connectivity index (χ1n) is 7.23. The highest BCUT2D eigenvalue weighted by molar-refractivity contribution is 5.32. The van der Waals surface area contributed by atoms with Crippen molar-refractivity contribution >= 4 is 0 Å². The lowest BCUT2D eigenvalue weighted by atomic mass is 9.96. The minimum atomic E-state index is 0.162. The molecule has 1 aromatic carbocycles. The van der Waals surface area contributed by atoms with E-state index >= 15 is 0 Å². The van der Waals surface area contributed by atoms with Gasteiger partial charge in [0.15, 0.2) is 0 Å². The topological polar surface area (TPSA) is 15.3 Å². The smallest absolute Gasteiger partial charge is 0.0278 e. The van der Waals surface area contributed by atoms with Gasteiger partial charge in [-0.2, -0.15) is 0 Å². The Bertz CT molecular complexity index is 408. The minimum Gasteiger partial charge on any atom is -0.318 e. The molecule has 0 amide bonds. The molecule has 0 aliphatic carbocycles. The summed E-state index contributed by atoms with van der Waals surface area (Å²) in [5, 5.41) is 3.28. The zero-order chi connectivity index (χ0) is 14.6. The number of likely N-dealkylation sites (N-methyl/N-ethyl adjacent to an activating group) is 2. The van der Waals surface area contributed by atoms with E-state index in [-0.39, 0.29) is 5.54 Å². The van der Waals surface area contributed by atoms with E-state index in [4.69, 9.17) is 0 Å². The lowest BCUT2D eigenvalue weighted by Crippen LogP contribution is -2.47. The number of hydrogen-bond donors (Lipinski definition) is 1. The third kappa shape index (κ3) is 4.32. The Balaban J connectivity index is 2.89. The largest absolute Gasteiger partial charge is 0.318 e. The van der Waals surface area contributed by atoms with E-state index in [1.54, 1.807) is 0 Å². The third-order valence-corrected chi connectivity index (χ3v) is 4.09. The molecule has 108 valence electrons. The van der Waals surface area contributed by atoms with E-state index in [2.05, 4.69) is 70.1 Å². The number of aryl methyl sites for hydroxylation is 1.